The molecule has 0 aromatic carbocycles. The van der Waals surface area contributed by atoms with Crippen LogP contribution in [0.5, 0.6) is 0 Å². The van der Waals surface area contributed by atoms with Crippen molar-refractivity contribution in [1.29, 1.82) is 0 Å². The Hall–Kier alpha value is 0.600. The summed E-state index contributed by atoms with van der Waals surface area (Å²) < 4.78 is 0. The lowest BCUT2D eigenvalue weighted by Gasteiger charge is -1.50. The molecule has 0 N–H and O–H groups in total. The van der Waals surface area contributed by atoms with Gasteiger partial charge in [0.1, 0.15) is 0 Å². The Bertz CT molecular complexity index is 14.0. The first-order valence-electron chi connectivity index (χ1n) is 2.50. The van der Waals surface area contributed by atoms with Gasteiger partial charge in [0.05, 0.1) is 0 Å². The van der Waals surface area contributed by atoms with Crippen molar-refractivity contribution in [2.45, 2.75) is 0 Å². The Kier molecular flexibility index (Phi) is 97.0. The molecule has 0 nitrogen and oxygen atoms in total. The van der Waals surface area contributed by atoms with Crippen molar-refractivity contribution in [2.75, 3.05) is 26.7 Å². The molecule has 52 valence electrons. The van der Waals surface area contributed by atoms with E-state index in [9.17, 15) is 0 Å². The highest BCUT2D eigenvalue weighted by Crippen LogP contribution is 1.84. The summed E-state index contributed by atoms with van der Waals surface area (Å²) in [5.41, 5.74) is 0. The predicted molar refractivity (Wildman–Crippen MR) is 51.6 cm³/mol. The molecule has 0 atom stereocenters. The van der Waals surface area contributed by atoms with Crippen LogP contribution in [0.15, 0.2) is 13.2 Å². The number of rotatable bonds is 0. The molecule has 0 rings (SSSR count). The van der Waals surface area contributed by atoms with Gasteiger partial charge in [-0.25, -0.2) is 0 Å². The molecule has 0 spiro atoms. The molecule has 0 aliphatic rings. The third kappa shape index (κ3) is 575. The first kappa shape index (κ1) is 15.8. The molecule has 2 heteroatoms. The fourth-order valence-electron chi connectivity index (χ4n) is 0. The minimum absolute atomic E-state index is 1.08. The van der Waals surface area contributed by atoms with Crippen molar-refractivity contribution in [3.8, 4) is 0 Å². The summed E-state index contributed by atoms with van der Waals surface area (Å²) in [5.74, 6) is 0. The van der Waals surface area contributed by atoms with Crippen molar-refractivity contribution in [1.82, 2.24) is 0 Å². The van der Waals surface area contributed by atoms with E-state index < -0.39 is 0 Å². The van der Waals surface area contributed by atoms with Crippen LogP contribution in [0.4, 0.5) is 0 Å². The van der Waals surface area contributed by atoms with Gasteiger partial charge in [0, 0.05) is 0 Å². The van der Waals surface area contributed by atoms with E-state index in [-0.39, 0.29) is 0 Å². The Balaban J connectivity index is -0.0000000483. The van der Waals surface area contributed by atoms with Crippen molar-refractivity contribution < 1.29 is 0 Å². The Morgan fingerprint density at radius 2 is 0.750 bits per heavy atom. The first-order chi connectivity index (χ1) is 3.83. The second-order valence-corrected chi connectivity index (χ2v) is 3.00. The normalized spacial score (nSPS) is 5.00. The standard InChI is InChI=1S/2C2H7P.C2H4/c2*1-3-2;1-2/h2*3H,1-2H3;1-2H2. The third-order valence-electron chi connectivity index (χ3n) is 0. The molecule has 0 amide bonds. The summed E-state index contributed by atoms with van der Waals surface area (Å²) in [5, 5.41) is 0. The predicted octanol–water partition coefficient (Wildman–Crippen LogP) is 2.65. The van der Waals surface area contributed by atoms with Gasteiger partial charge >= 0.3 is 0 Å². The van der Waals surface area contributed by atoms with E-state index in [0.717, 1.165) is 17.2 Å². The molecule has 8 heavy (non-hydrogen) atoms. The SMILES string of the molecule is C=C.CPC.CPC. The molecule has 0 unspecified atom stereocenters. The molecular formula is C6H18P2. The van der Waals surface area contributed by atoms with Crippen LogP contribution in [-0.2, 0) is 0 Å². The number of hydrogen-bond acceptors (Lipinski definition) is 0. The van der Waals surface area contributed by atoms with E-state index in [1.54, 1.807) is 0 Å². The van der Waals surface area contributed by atoms with Gasteiger partial charge < -0.3 is 0 Å². The molecule has 0 fully saturated rings. The van der Waals surface area contributed by atoms with Crippen LogP contribution in [0.2, 0.25) is 0 Å². The summed E-state index contributed by atoms with van der Waals surface area (Å²) in [6.07, 6.45) is 0. The van der Waals surface area contributed by atoms with E-state index in [1.807, 2.05) is 0 Å². The van der Waals surface area contributed by atoms with Gasteiger partial charge in [0.15, 0.2) is 0 Å². The highest BCUT2D eigenvalue weighted by atomic mass is 31.1. The lowest BCUT2D eigenvalue weighted by molar-refractivity contribution is 2.32. The second kappa shape index (κ2) is 49.0. The molecule has 0 radical (unpaired) electrons. The van der Waals surface area contributed by atoms with Crippen molar-refractivity contribution in [3.05, 3.63) is 13.2 Å². The fourth-order valence-corrected chi connectivity index (χ4v) is 0. The molecule has 0 bridgehead atoms. The van der Waals surface area contributed by atoms with E-state index >= 15 is 0 Å². The van der Waals surface area contributed by atoms with Crippen molar-refractivity contribution in [2.24, 2.45) is 0 Å². The zero-order valence-corrected chi connectivity index (χ0v) is 8.41. The van der Waals surface area contributed by atoms with Crippen molar-refractivity contribution >= 4 is 17.2 Å². The molecular weight excluding hydrogens is 134 g/mol. The number of hydrogen-bond donors (Lipinski definition) is 0. The largest absolute Gasteiger partial charge is 0.129 e. The zero-order chi connectivity index (χ0) is 7.41. The third-order valence-corrected chi connectivity index (χ3v) is 0. The van der Waals surface area contributed by atoms with Gasteiger partial charge in [-0.15, -0.1) is 30.3 Å². The van der Waals surface area contributed by atoms with E-state index in [0.29, 0.717) is 0 Å². The van der Waals surface area contributed by atoms with Crippen LogP contribution in [0.3, 0.4) is 0 Å². The van der Waals surface area contributed by atoms with Crippen molar-refractivity contribution in [3.63, 3.8) is 0 Å². The fraction of sp³-hybridized carbons (Fsp3) is 0.667. The minimum Gasteiger partial charge on any atom is -0.129 e. The van der Waals surface area contributed by atoms with Crippen LogP contribution in [0, 0.1) is 0 Å². The topological polar surface area (TPSA) is 0 Å². The smallest absolute Gasteiger partial charge is 0.0475 e. The summed E-state index contributed by atoms with van der Waals surface area (Å²) in [4.78, 5) is 0. The van der Waals surface area contributed by atoms with Crippen LogP contribution >= 0.6 is 17.2 Å². The van der Waals surface area contributed by atoms with E-state index in [2.05, 4.69) is 39.8 Å². The maximum atomic E-state index is 3.00. The monoisotopic (exact) mass is 152 g/mol. The zero-order valence-electron chi connectivity index (χ0n) is 6.41. The second-order valence-electron chi connectivity index (χ2n) is 1.00. The maximum Gasteiger partial charge on any atom is -0.0475 e. The Morgan fingerprint density at radius 1 is 0.750 bits per heavy atom. The van der Waals surface area contributed by atoms with Crippen LogP contribution in [0.25, 0.3) is 0 Å². The average molecular weight is 152 g/mol. The maximum absolute atomic E-state index is 3.00. The summed E-state index contributed by atoms with van der Waals surface area (Å²) in [6.45, 7) is 14.6. The van der Waals surface area contributed by atoms with Crippen LogP contribution < -0.4 is 0 Å². The highest BCUT2D eigenvalue weighted by Gasteiger charge is 1.33. The van der Waals surface area contributed by atoms with Gasteiger partial charge in [-0.1, -0.05) is 0 Å². The molecule has 0 saturated heterocycles. The first-order valence-corrected chi connectivity index (χ1v) is 6.50. The van der Waals surface area contributed by atoms with Gasteiger partial charge in [0.2, 0.25) is 0 Å². The lowest BCUT2D eigenvalue weighted by atomic mass is 11.3. The molecule has 0 heterocycles. The van der Waals surface area contributed by atoms with Gasteiger partial charge in [-0.2, -0.15) is 0 Å². The minimum atomic E-state index is 1.08. The molecule has 0 aliphatic carbocycles. The highest BCUT2D eigenvalue weighted by molar-refractivity contribution is 7.36. The van der Waals surface area contributed by atoms with E-state index in [1.165, 1.54) is 0 Å². The summed E-state index contributed by atoms with van der Waals surface area (Å²) in [7, 11) is 2.17. The Labute approximate surface area is 57.7 Å². The van der Waals surface area contributed by atoms with E-state index in [4.69, 9.17) is 0 Å². The van der Waals surface area contributed by atoms with Crippen LogP contribution in [-0.4, -0.2) is 26.7 Å². The molecule has 0 saturated carbocycles. The quantitative estimate of drug-likeness (QED) is 0.369. The molecule has 0 aromatic heterocycles. The van der Waals surface area contributed by atoms with Gasteiger partial charge in [-0.05, 0) is 26.7 Å². The summed E-state index contributed by atoms with van der Waals surface area (Å²) in [6, 6.07) is 0. The van der Waals surface area contributed by atoms with Crippen LogP contribution in [0.1, 0.15) is 0 Å². The van der Waals surface area contributed by atoms with Gasteiger partial charge in [-0.3, -0.25) is 0 Å². The Morgan fingerprint density at radius 3 is 0.750 bits per heavy atom. The van der Waals surface area contributed by atoms with Gasteiger partial charge in [0.25, 0.3) is 0 Å². The lowest BCUT2D eigenvalue weighted by Crippen LogP contribution is -1.18. The average Bonchev–Trinajstić information content (AvgIpc) is 1.75. The molecule has 0 aliphatic heterocycles. The summed E-state index contributed by atoms with van der Waals surface area (Å²) >= 11 is 0. The molecule has 0 aromatic rings.